The largest absolute Gasteiger partial charge is 0.353 e. The van der Waals surface area contributed by atoms with E-state index in [0.29, 0.717) is 42.9 Å². The van der Waals surface area contributed by atoms with E-state index in [0.717, 1.165) is 44.0 Å². The van der Waals surface area contributed by atoms with Crippen molar-refractivity contribution in [3.8, 4) is 22.4 Å². The second kappa shape index (κ2) is 11.2. The Bertz CT molecular complexity index is 2250. The highest BCUT2D eigenvalue weighted by Crippen LogP contribution is 2.35. The van der Waals surface area contributed by atoms with Crippen LogP contribution in [0.1, 0.15) is 33.7 Å². The summed E-state index contributed by atoms with van der Waals surface area (Å²) < 4.78 is 15.4. The fraction of sp³-hybridized carbons (Fsp3) is 0.139. The minimum absolute atomic E-state index is 0.0798. The molecule has 5 aromatic heterocycles. The number of carbonyl (C=O) groups excluding carboxylic acids is 2. The third-order valence-corrected chi connectivity index (χ3v) is 8.73. The second-order valence-corrected chi connectivity index (χ2v) is 11.5. The van der Waals surface area contributed by atoms with E-state index >= 15 is 0 Å². The number of likely N-dealkylation sites (tertiary alicyclic amines) is 1. The van der Waals surface area contributed by atoms with Crippen molar-refractivity contribution in [3.05, 3.63) is 121 Å². The number of piperidine rings is 1. The zero-order valence-electron chi connectivity index (χ0n) is 24.7. The Morgan fingerprint density at radius 3 is 2.43 bits per heavy atom. The van der Waals surface area contributed by atoms with Gasteiger partial charge in [0.25, 0.3) is 11.8 Å². The van der Waals surface area contributed by atoms with Crippen LogP contribution in [0.4, 0.5) is 4.39 Å². The summed E-state index contributed by atoms with van der Waals surface area (Å²) in [6.07, 6.45) is 8.09. The van der Waals surface area contributed by atoms with Gasteiger partial charge >= 0.3 is 0 Å². The monoisotopic (exact) mass is 609 g/mol. The van der Waals surface area contributed by atoms with E-state index in [9.17, 15) is 14.0 Å². The second-order valence-electron chi connectivity index (χ2n) is 11.5. The predicted molar refractivity (Wildman–Crippen MR) is 174 cm³/mol. The lowest BCUT2D eigenvalue weighted by atomic mass is 10.0. The molecule has 0 radical (unpaired) electrons. The molecule has 8 rings (SSSR count). The normalized spacial score (nSPS) is 13.9. The van der Waals surface area contributed by atoms with Crippen LogP contribution in [0.5, 0.6) is 0 Å². The van der Waals surface area contributed by atoms with Crippen LogP contribution in [-0.4, -0.2) is 60.4 Å². The number of rotatable bonds is 5. The Labute approximate surface area is 262 Å². The Balaban J connectivity index is 0.996. The third-order valence-electron chi connectivity index (χ3n) is 8.73. The molecule has 46 heavy (non-hydrogen) atoms. The number of hydrogen-bond donors (Lipinski definition) is 2. The molecule has 1 aliphatic heterocycles. The molecule has 0 unspecified atom stereocenters. The summed E-state index contributed by atoms with van der Waals surface area (Å²) in [6, 6.07) is 23.5. The molecule has 0 bridgehead atoms. The molecule has 2 amide bonds. The summed E-state index contributed by atoms with van der Waals surface area (Å²) in [7, 11) is 0. The van der Waals surface area contributed by atoms with Crippen molar-refractivity contribution in [2.24, 2.45) is 0 Å². The average Bonchev–Trinajstić information content (AvgIpc) is 3.67. The van der Waals surface area contributed by atoms with Crippen LogP contribution >= 0.6 is 0 Å². The summed E-state index contributed by atoms with van der Waals surface area (Å²) in [4.78, 5) is 40.7. The molecule has 9 nitrogen and oxygen atoms in total. The van der Waals surface area contributed by atoms with Gasteiger partial charge in [0, 0.05) is 71.3 Å². The van der Waals surface area contributed by atoms with Crippen molar-refractivity contribution >= 4 is 39.1 Å². The number of pyridine rings is 3. The fourth-order valence-electron chi connectivity index (χ4n) is 6.38. The number of carbonyl (C=O) groups is 2. The predicted octanol–water partition coefficient (Wildman–Crippen LogP) is 6.27. The summed E-state index contributed by atoms with van der Waals surface area (Å²) in [5.74, 6) is -0.649. The highest BCUT2D eigenvalue weighted by Gasteiger charge is 2.27. The standard InChI is InChI=1S/C36H28FN7O2/c37-25-8-5-23(6-9-25)32-31(22-11-16-38-17-12-22)30-10-7-24(21-44(30)42-32)35(45)40-26-14-19-43(20-15-26)36(46)34-33-28(13-18-39-34)27-3-1-2-4-29(27)41-33/h1-13,16-18,21,26,41H,14-15,19-20H2,(H,40,45). The number of benzene rings is 2. The van der Waals surface area contributed by atoms with Crippen molar-refractivity contribution in [2.45, 2.75) is 18.9 Å². The first-order valence-corrected chi connectivity index (χ1v) is 15.2. The number of hydrogen-bond acceptors (Lipinski definition) is 5. The van der Waals surface area contributed by atoms with Gasteiger partial charge in [-0.05, 0) is 79.1 Å². The van der Waals surface area contributed by atoms with E-state index in [1.165, 1.54) is 12.1 Å². The maximum absolute atomic E-state index is 13.7. The summed E-state index contributed by atoms with van der Waals surface area (Å²) >= 11 is 0. The van der Waals surface area contributed by atoms with Gasteiger partial charge in [0.1, 0.15) is 11.5 Å². The zero-order valence-corrected chi connectivity index (χ0v) is 24.7. The number of H-pyrrole nitrogens is 1. The quantitative estimate of drug-likeness (QED) is 0.239. The molecule has 1 aliphatic rings. The van der Waals surface area contributed by atoms with E-state index in [1.54, 1.807) is 47.5 Å². The van der Waals surface area contributed by atoms with E-state index < -0.39 is 0 Å². The number of fused-ring (bicyclic) bond motifs is 4. The first kappa shape index (κ1) is 27.6. The molecule has 2 aromatic carbocycles. The minimum Gasteiger partial charge on any atom is -0.353 e. The molecule has 0 aliphatic carbocycles. The molecule has 7 aromatic rings. The third kappa shape index (κ3) is 4.84. The zero-order chi connectivity index (χ0) is 31.2. The molecule has 10 heteroatoms. The van der Waals surface area contributed by atoms with Gasteiger partial charge in [-0.25, -0.2) is 13.9 Å². The molecule has 0 saturated carbocycles. The van der Waals surface area contributed by atoms with Gasteiger partial charge in [-0.3, -0.25) is 14.6 Å². The maximum atomic E-state index is 13.7. The molecule has 226 valence electrons. The molecule has 6 heterocycles. The summed E-state index contributed by atoms with van der Waals surface area (Å²) in [5.41, 5.74) is 6.63. The van der Waals surface area contributed by atoms with E-state index in [2.05, 4.69) is 20.3 Å². The summed E-state index contributed by atoms with van der Waals surface area (Å²) in [6.45, 7) is 1.02. The Hall–Kier alpha value is -5.90. The highest BCUT2D eigenvalue weighted by molar-refractivity contribution is 6.13. The maximum Gasteiger partial charge on any atom is 0.274 e. The Kier molecular flexibility index (Phi) is 6.75. The summed E-state index contributed by atoms with van der Waals surface area (Å²) in [5, 5.41) is 10.00. The highest BCUT2D eigenvalue weighted by atomic mass is 19.1. The van der Waals surface area contributed by atoms with Gasteiger partial charge in [-0.2, -0.15) is 5.10 Å². The van der Waals surface area contributed by atoms with Crippen LogP contribution < -0.4 is 5.32 Å². The number of aromatic nitrogens is 5. The smallest absolute Gasteiger partial charge is 0.274 e. The van der Waals surface area contributed by atoms with Crippen LogP contribution in [0.15, 0.2) is 104 Å². The van der Waals surface area contributed by atoms with E-state index in [-0.39, 0.29) is 23.7 Å². The van der Waals surface area contributed by atoms with Gasteiger partial charge in [0.05, 0.1) is 16.6 Å². The molecular formula is C36H28FN7O2. The minimum atomic E-state index is -0.324. The van der Waals surface area contributed by atoms with E-state index in [4.69, 9.17) is 5.10 Å². The number of halogens is 1. The molecule has 1 saturated heterocycles. The average molecular weight is 610 g/mol. The van der Waals surface area contributed by atoms with Crippen molar-refractivity contribution in [1.29, 1.82) is 0 Å². The van der Waals surface area contributed by atoms with Crippen LogP contribution in [0.3, 0.4) is 0 Å². The van der Waals surface area contributed by atoms with Crippen LogP contribution in [-0.2, 0) is 0 Å². The number of amides is 2. The number of para-hydroxylation sites is 1. The SMILES string of the molecule is O=C(NC1CCN(C(=O)c2nccc3c2[nH]c2ccccc23)CC1)c1ccc2c(-c3ccncc3)c(-c3ccc(F)cc3)nn2c1. The van der Waals surface area contributed by atoms with Gasteiger partial charge < -0.3 is 15.2 Å². The Morgan fingerprint density at radius 1 is 0.848 bits per heavy atom. The molecule has 1 fully saturated rings. The lowest BCUT2D eigenvalue weighted by Gasteiger charge is -2.32. The van der Waals surface area contributed by atoms with Gasteiger partial charge in [-0.15, -0.1) is 0 Å². The molecule has 2 N–H and O–H groups in total. The Morgan fingerprint density at radius 2 is 1.63 bits per heavy atom. The number of nitrogens with zero attached hydrogens (tertiary/aromatic N) is 5. The van der Waals surface area contributed by atoms with Crippen LogP contribution in [0, 0.1) is 5.82 Å². The lowest BCUT2D eigenvalue weighted by molar-refractivity contribution is 0.0694. The lowest BCUT2D eigenvalue weighted by Crippen LogP contribution is -2.46. The van der Waals surface area contributed by atoms with Gasteiger partial charge in [0.15, 0.2) is 5.69 Å². The fourth-order valence-corrected chi connectivity index (χ4v) is 6.38. The molecule has 0 atom stereocenters. The van der Waals surface area contributed by atoms with Crippen molar-refractivity contribution in [3.63, 3.8) is 0 Å². The van der Waals surface area contributed by atoms with Gasteiger partial charge in [0.2, 0.25) is 0 Å². The van der Waals surface area contributed by atoms with E-state index in [1.807, 2.05) is 53.4 Å². The van der Waals surface area contributed by atoms with Gasteiger partial charge in [-0.1, -0.05) is 18.2 Å². The van der Waals surface area contributed by atoms with Crippen LogP contribution in [0.2, 0.25) is 0 Å². The molecule has 0 spiro atoms. The first-order chi connectivity index (χ1) is 22.5. The number of nitrogens with one attached hydrogen (secondary N) is 2. The number of aromatic amines is 1. The molecular weight excluding hydrogens is 581 g/mol. The first-order valence-electron chi connectivity index (χ1n) is 15.2. The van der Waals surface area contributed by atoms with Crippen molar-refractivity contribution in [1.82, 2.24) is 34.8 Å². The van der Waals surface area contributed by atoms with Crippen molar-refractivity contribution < 1.29 is 14.0 Å². The topological polar surface area (TPSA) is 108 Å². The van der Waals surface area contributed by atoms with Crippen molar-refractivity contribution in [2.75, 3.05) is 13.1 Å². The van der Waals surface area contributed by atoms with Crippen LogP contribution in [0.25, 0.3) is 49.7 Å².